The van der Waals surface area contributed by atoms with Crippen LogP contribution in [0.5, 0.6) is 0 Å². The third kappa shape index (κ3) is 3.30. The van der Waals surface area contributed by atoms with Crippen molar-refractivity contribution in [1.29, 1.82) is 0 Å². The molecule has 0 amide bonds. The van der Waals surface area contributed by atoms with Crippen LogP contribution in [0.4, 0.5) is 0 Å². The minimum Gasteiger partial charge on any atom is -0.381 e. The lowest BCUT2D eigenvalue weighted by Crippen LogP contribution is -2.60. The molecule has 0 bridgehead atoms. The summed E-state index contributed by atoms with van der Waals surface area (Å²) >= 11 is 0. The van der Waals surface area contributed by atoms with Gasteiger partial charge in [0.25, 0.3) is 0 Å². The quantitative estimate of drug-likeness (QED) is 0.908. The minimum atomic E-state index is -3.13. The summed E-state index contributed by atoms with van der Waals surface area (Å²) in [7, 11) is -1.37. The smallest absolute Gasteiger partial charge is 0.175 e. The Morgan fingerprint density at radius 3 is 2.29 bits per heavy atom. The minimum absolute atomic E-state index is 0.121. The maximum Gasteiger partial charge on any atom is 0.175 e. The largest absolute Gasteiger partial charge is 0.381 e. The Labute approximate surface area is 127 Å². The van der Waals surface area contributed by atoms with Crippen molar-refractivity contribution in [2.45, 2.75) is 50.3 Å². The zero-order chi connectivity index (χ0) is 15.8. The number of nitrogens with one attached hydrogen (secondary N) is 1. The van der Waals surface area contributed by atoms with Crippen LogP contribution in [-0.4, -0.2) is 33.9 Å². The molecular formula is C16H25NO3S. The molecule has 4 nitrogen and oxygen atoms in total. The Hall–Kier alpha value is -0.910. The number of benzene rings is 1. The molecule has 0 saturated heterocycles. The highest BCUT2D eigenvalue weighted by atomic mass is 32.2. The Bertz CT molecular complexity index is 592. The molecule has 0 spiro atoms. The van der Waals surface area contributed by atoms with Gasteiger partial charge in [0.2, 0.25) is 0 Å². The summed E-state index contributed by atoms with van der Waals surface area (Å²) in [6.45, 7) is 6.52. The predicted octanol–water partition coefficient (Wildman–Crippen LogP) is 2.55. The number of hydrogen-bond donors (Lipinski definition) is 1. The third-order valence-corrected chi connectivity index (χ3v) is 5.85. The first-order valence-corrected chi connectivity index (χ1v) is 9.14. The molecule has 3 atom stereocenters. The Kier molecular flexibility index (Phi) is 4.47. The van der Waals surface area contributed by atoms with E-state index in [2.05, 4.69) is 26.1 Å². The Morgan fingerprint density at radius 2 is 1.86 bits per heavy atom. The van der Waals surface area contributed by atoms with Gasteiger partial charge in [-0.3, -0.25) is 0 Å². The fourth-order valence-corrected chi connectivity index (χ4v) is 3.60. The molecule has 21 heavy (non-hydrogen) atoms. The van der Waals surface area contributed by atoms with Gasteiger partial charge in [-0.2, -0.15) is 0 Å². The zero-order valence-corrected chi connectivity index (χ0v) is 14.2. The molecule has 1 aliphatic rings. The molecule has 118 valence electrons. The first kappa shape index (κ1) is 16.5. The highest BCUT2D eigenvalue weighted by molar-refractivity contribution is 7.90. The summed E-state index contributed by atoms with van der Waals surface area (Å²) in [6.07, 6.45) is 2.54. The van der Waals surface area contributed by atoms with E-state index in [-0.39, 0.29) is 11.5 Å². The molecule has 0 aromatic heterocycles. The zero-order valence-electron chi connectivity index (χ0n) is 13.4. The van der Waals surface area contributed by atoms with Gasteiger partial charge >= 0.3 is 0 Å². The van der Waals surface area contributed by atoms with Crippen molar-refractivity contribution in [1.82, 2.24) is 5.32 Å². The van der Waals surface area contributed by atoms with Crippen molar-refractivity contribution in [3.63, 3.8) is 0 Å². The van der Waals surface area contributed by atoms with E-state index in [0.29, 0.717) is 17.0 Å². The average molecular weight is 311 g/mol. The van der Waals surface area contributed by atoms with Crippen molar-refractivity contribution in [3.05, 3.63) is 29.8 Å². The van der Waals surface area contributed by atoms with Crippen LogP contribution in [-0.2, 0) is 14.6 Å². The highest BCUT2D eigenvalue weighted by Crippen LogP contribution is 2.43. The van der Waals surface area contributed by atoms with Crippen LogP contribution in [0.2, 0.25) is 0 Å². The SMILES string of the molecule is COC1CC(NC(C)c2ccc(S(C)(=O)=O)cc2)C1(C)C. The maximum atomic E-state index is 11.5. The second-order valence-corrected chi connectivity index (χ2v) is 8.58. The third-order valence-electron chi connectivity index (χ3n) is 4.72. The molecule has 2 rings (SSSR count). The van der Waals surface area contributed by atoms with Crippen molar-refractivity contribution in [3.8, 4) is 0 Å². The van der Waals surface area contributed by atoms with Gasteiger partial charge < -0.3 is 10.1 Å². The lowest BCUT2D eigenvalue weighted by atomic mass is 9.64. The fraction of sp³-hybridized carbons (Fsp3) is 0.625. The van der Waals surface area contributed by atoms with E-state index >= 15 is 0 Å². The highest BCUT2D eigenvalue weighted by Gasteiger charge is 2.48. The lowest BCUT2D eigenvalue weighted by Gasteiger charge is -2.52. The molecule has 1 aromatic rings. The topological polar surface area (TPSA) is 55.4 Å². The first-order chi connectivity index (χ1) is 9.66. The summed E-state index contributed by atoms with van der Waals surface area (Å²) in [6, 6.07) is 7.70. The molecule has 1 fully saturated rings. The number of ether oxygens (including phenoxy) is 1. The second kappa shape index (κ2) is 5.71. The Balaban J connectivity index is 2.03. The molecule has 0 radical (unpaired) electrons. The van der Waals surface area contributed by atoms with Crippen molar-refractivity contribution in [2.75, 3.05) is 13.4 Å². The van der Waals surface area contributed by atoms with Crippen LogP contribution >= 0.6 is 0 Å². The number of methoxy groups -OCH3 is 1. The molecule has 0 aliphatic heterocycles. The van der Waals surface area contributed by atoms with Gasteiger partial charge in [-0.1, -0.05) is 26.0 Å². The monoisotopic (exact) mass is 311 g/mol. The summed E-state index contributed by atoms with van der Waals surface area (Å²) in [5.74, 6) is 0. The van der Waals surface area contributed by atoms with Gasteiger partial charge in [-0.05, 0) is 31.0 Å². The van der Waals surface area contributed by atoms with E-state index in [9.17, 15) is 8.42 Å². The molecule has 1 N–H and O–H groups in total. The molecular weight excluding hydrogens is 286 g/mol. The van der Waals surface area contributed by atoms with Crippen LogP contribution in [0.15, 0.2) is 29.2 Å². The van der Waals surface area contributed by atoms with Crippen LogP contribution < -0.4 is 5.32 Å². The summed E-state index contributed by atoms with van der Waals surface area (Å²) in [4.78, 5) is 0.363. The lowest BCUT2D eigenvalue weighted by molar-refractivity contribution is -0.0999. The summed E-state index contributed by atoms with van der Waals surface area (Å²) in [5.41, 5.74) is 1.22. The van der Waals surface area contributed by atoms with E-state index in [1.807, 2.05) is 12.1 Å². The van der Waals surface area contributed by atoms with Crippen LogP contribution in [0.25, 0.3) is 0 Å². The predicted molar refractivity (Wildman–Crippen MR) is 84.1 cm³/mol. The molecule has 1 aromatic carbocycles. The molecule has 3 unspecified atom stereocenters. The van der Waals surface area contributed by atoms with Crippen molar-refractivity contribution < 1.29 is 13.2 Å². The number of hydrogen-bond acceptors (Lipinski definition) is 4. The molecule has 1 aliphatic carbocycles. The van der Waals surface area contributed by atoms with E-state index in [1.165, 1.54) is 6.26 Å². The number of sulfone groups is 1. The molecule has 0 heterocycles. The van der Waals surface area contributed by atoms with Crippen LogP contribution in [0.1, 0.15) is 38.8 Å². The van der Waals surface area contributed by atoms with Crippen LogP contribution in [0.3, 0.4) is 0 Å². The van der Waals surface area contributed by atoms with E-state index in [4.69, 9.17) is 4.74 Å². The second-order valence-electron chi connectivity index (χ2n) is 6.56. The van der Waals surface area contributed by atoms with Gasteiger partial charge in [0, 0.05) is 30.9 Å². The van der Waals surface area contributed by atoms with Crippen molar-refractivity contribution in [2.24, 2.45) is 5.41 Å². The van der Waals surface area contributed by atoms with Gasteiger partial charge in [-0.25, -0.2) is 8.42 Å². The Morgan fingerprint density at radius 1 is 1.29 bits per heavy atom. The first-order valence-electron chi connectivity index (χ1n) is 7.25. The summed E-state index contributed by atoms with van der Waals surface area (Å²) in [5, 5.41) is 3.62. The average Bonchev–Trinajstić information content (AvgIpc) is 2.41. The van der Waals surface area contributed by atoms with E-state index in [0.717, 1.165) is 12.0 Å². The van der Waals surface area contributed by atoms with Crippen molar-refractivity contribution >= 4 is 9.84 Å². The van der Waals surface area contributed by atoms with Crippen LogP contribution in [0, 0.1) is 5.41 Å². The normalized spacial score (nSPS) is 26.1. The van der Waals surface area contributed by atoms with E-state index in [1.54, 1.807) is 19.2 Å². The van der Waals surface area contributed by atoms with Gasteiger partial charge in [0.1, 0.15) is 0 Å². The summed E-state index contributed by atoms with van der Waals surface area (Å²) < 4.78 is 28.4. The fourth-order valence-electron chi connectivity index (χ4n) is 2.97. The maximum absolute atomic E-state index is 11.5. The standard InChI is InChI=1S/C16H25NO3S/c1-11(17-14-10-15(20-4)16(14,2)3)12-6-8-13(9-7-12)21(5,18)19/h6-9,11,14-15,17H,10H2,1-5H3. The number of rotatable bonds is 5. The van der Waals surface area contributed by atoms with E-state index < -0.39 is 9.84 Å². The van der Waals surface area contributed by atoms with Gasteiger partial charge in [0.15, 0.2) is 9.84 Å². The van der Waals surface area contributed by atoms with Gasteiger partial charge in [-0.15, -0.1) is 0 Å². The van der Waals surface area contributed by atoms with Gasteiger partial charge in [0.05, 0.1) is 11.0 Å². The molecule has 1 saturated carbocycles. The molecule has 5 heteroatoms.